The van der Waals surface area contributed by atoms with E-state index in [0.29, 0.717) is 11.8 Å². The molecule has 0 saturated carbocycles. The van der Waals surface area contributed by atoms with Gasteiger partial charge in [0.25, 0.3) is 0 Å². The quantitative estimate of drug-likeness (QED) is 0.270. The van der Waals surface area contributed by atoms with E-state index in [1.807, 2.05) is 26.2 Å². The summed E-state index contributed by atoms with van der Waals surface area (Å²) in [6, 6.07) is 0.320. The topological polar surface area (TPSA) is 39.6 Å². The fourth-order valence-electron chi connectivity index (χ4n) is 0.925. The minimum Gasteiger partial charge on any atom is -1.00 e. The second-order valence-electron chi connectivity index (χ2n) is 2.70. The Balaban J connectivity index is -0.000000403. The van der Waals surface area contributed by atoms with Crippen LogP contribution in [-0.2, 0) is 19.5 Å². The molecule has 0 saturated heterocycles. The van der Waals surface area contributed by atoms with Gasteiger partial charge in [0, 0.05) is 18.2 Å². The predicted octanol–water partition coefficient (Wildman–Crippen LogP) is -5.28. The van der Waals surface area contributed by atoms with Crippen molar-refractivity contribution >= 4 is 5.71 Å². The second kappa shape index (κ2) is 9.57. The third-order valence-corrected chi connectivity index (χ3v) is 1.64. The molecule has 1 aliphatic carbocycles. The van der Waals surface area contributed by atoms with Crippen LogP contribution in [0.15, 0.2) is 24.3 Å². The van der Waals surface area contributed by atoms with E-state index in [1.54, 1.807) is 12.2 Å². The molecule has 6 heteroatoms. The first-order valence-electron chi connectivity index (χ1n) is 3.49. The standard InChI is InChI=1S/C8H11N3.2ClH.Zn/c1-11(2)8-5-3-7(10-9)4-6-8;;;/h3-6,8H,1-2H3;2*1H;/q;;;+2/p-2. The second-order valence-corrected chi connectivity index (χ2v) is 2.70. The Labute approximate surface area is 109 Å². The molecule has 3 nitrogen and oxygen atoms in total. The molecule has 0 spiro atoms. The van der Waals surface area contributed by atoms with Crippen LogP contribution in [0.1, 0.15) is 0 Å². The molecule has 0 aliphatic heterocycles. The molecule has 0 aromatic heterocycles. The van der Waals surface area contributed by atoms with Crippen LogP contribution < -0.4 is 24.8 Å². The molecule has 0 amide bonds. The first kappa shape index (κ1) is 19.6. The van der Waals surface area contributed by atoms with Crippen molar-refractivity contribution in [2.24, 2.45) is 0 Å². The van der Waals surface area contributed by atoms with Gasteiger partial charge in [-0.15, -0.1) is 0 Å². The molecule has 0 atom stereocenters. The van der Waals surface area contributed by atoms with Crippen molar-refractivity contribution in [3.05, 3.63) is 29.8 Å². The molecular weight excluding hydrogens is 274 g/mol. The van der Waals surface area contributed by atoms with E-state index >= 15 is 0 Å². The Bertz CT molecular complexity index is 241. The van der Waals surface area contributed by atoms with Gasteiger partial charge in [0.15, 0.2) is 0 Å². The van der Waals surface area contributed by atoms with Crippen molar-refractivity contribution in [3.8, 4) is 0 Å². The molecule has 0 radical (unpaired) electrons. The smallest absolute Gasteiger partial charge is 1.00 e. The van der Waals surface area contributed by atoms with Crippen molar-refractivity contribution in [2.45, 2.75) is 6.04 Å². The normalized spacial score (nSPS) is 17.6. The van der Waals surface area contributed by atoms with Gasteiger partial charge in [0.05, 0.1) is 0 Å². The summed E-state index contributed by atoms with van der Waals surface area (Å²) in [4.78, 5) is 5.14. The Morgan fingerprint density at radius 1 is 1.21 bits per heavy atom. The van der Waals surface area contributed by atoms with Crippen molar-refractivity contribution in [1.82, 2.24) is 4.90 Å². The van der Waals surface area contributed by atoms with Gasteiger partial charge >= 0.3 is 25.2 Å². The van der Waals surface area contributed by atoms with Crippen LogP contribution in [0.3, 0.4) is 0 Å². The fraction of sp³-hybridized carbons (Fsp3) is 0.375. The number of rotatable bonds is 1. The number of halogens is 2. The molecule has 0 N–H and O–H groups in total. The minimum absolute atomic E-state index is 0. The van der Waals surface area contributed by atoms with Gasteiger partial charge in [0.1, 0.15) is 0 Å². The Kier molecular flexibility index (Phi) is 13.4. The summed E-state index contributed by atoms with van der Waals surface area (Å²) in [6.07, 6.45) is 7.56. The SMILES string of the molecule is CN(C)C1C=CC(=[N+]=[N-])C=C1.[Cl-].[Cl-].[Zn+2]. The number of hydrogen-bond acceptors (Lipinski definition) is 1. The minimum atomic E-state index is 0. The van der Waals surface area contributed by atoms with Crippen LogP contribution in [0, 0.1) is 0 Å². The van der Waals surface area contributed by atoms with Crippen LogP contribution >= 0.6 is 0 Å². The monoisotopic (exact) mass is 283 g/mol. The van der Waals surface area contributed by atoms with Gasteiger partial charge < -0.3 is 30.3 Å². The average Bonchev–Trinajstić information content (AvgIpc) is 2.05. The van der Waals surface area contributed by atoms with E-state index in [2.05, 4.69) is 9.69 Å². The van der Waals surface area contributed by atoms with Crippen LogP contribution in [0.4, 0.5) is 0 Å². The van der Waals surface area contributed by atoms with Crippen LogP contribution in [0.5, 0.6) is 0 Å². The molecule has 0 unspecified atom stereocenters. The molecule has 0 heterocycles. The van der Waals surface area contributed by atoms with E-state index in [0.717, 1.165) is 0 Å². The molecule has 0 aromatic carbocycles. The number of likely N-dealkylation sites (N-methyl/N-ethyl adjacent to an activating group) is 1. The van der Waals surface area contributed by atoms with Gasteiger partial charge in [-0.25, -0.2) is 0 Å². The maximum absolute atomic E-state index is 8.39. The third-order valence-electron chi connectivity index (χ3n) is 1.64. The Morgan fingerprint density at radius 3 is 1.93 bits per heavy atom. The van der Waals surface area contributed by atoms with Crippen molar-refractivity contribution in [3.63, 3.8) is 0 Å². The Hall–Kier alpha value is 0.0234. The van der Waals surface area contributed by atoms with Crippen LogP contribution in [-0.4, -0.2) is 35.5 Å². The summed E-state index contributed by atoms with van der Waals surface area (Å²) in [7, 11) is 4.00. The first-order valence-corrected chi connectivity index (χ1v) is 3.49. The molecule has 0 aromatic rings. The molecule has 0 bridgehead atoms. The molecule has 1 rings (SSSR count). The maximum atomic E-state index is 8.39. The summed E-state index contributed by atoms with van der Waals surface area (Å²) in [6.45, 7) is 0. The fourth-order valence-corrected chi connectivity index (χ4v) is 0.925. The zero-order chi connectivity index (χ0) is 8.27. The van der Waals surface area contributed by atoms with Gasteiger partial charge in [0.2, 0.25) is 0 Å². The zero-order valence-corrected chi connectivity index (χ0v) is 12.7. The van der Waals surface area contributed by atoms with Gasteiger partial charge in [-0.05, 0) is 14.1 Å². The number of hydrogen-bond donors (Lipinski definition) is 0. The van der Waals surface area contributed by atoms with Crippen LogP contribution in [0.25, 0.3) is 5.53 Å². The number of allylic oxidation sites excluding steroid dienone is 2. The van der Waals surface area contributed by atoms with E-state index < -0.39 is 0 Å². The molecule has 74 valence electrons. The summed E-state index contributed by atoms with van der Waals surface area (Å²) in [5.74, 6) is 0. The molecular formula is C8H11Cl2N3Zn. The largest absolute Gasteiger partial charge is 2.00 e. The van der Waals surface area contributed by atoms with Crippen LogP contribution in [0.2, 0.25) is 0 Å². The predicted molar refractivity (Wildman–Crippen MR) is 44.4 cm³/mol. The molecule has 14 heavy (non-hydrogen) atoms. The summed E-state index contributed by atoms with van der Waals surface area (Å²) < 4.78 is 0. The maximum Gasteiger partial charge on any atom is 2.00 e. The van der Waals surface area contributed by atoms with Gasteiger partial charge in [-0.1, -0.05) is 12.2 Å². The van der Waals surface area contributed by atoms with E-state index in [9.17, 15) is 0 Å². The van der Waals surface area contributed by atoms with Crippen molar-refractivity contribution in [2.75, 3.05) is 14.1 Å². The van der Waals surface area contributed by atoms with Gasteiger partial charge in [-0.3, -0.25) is 4.90 Å². The average molecular weight is 285 g/mol. The van der Waals surface area contributed by atoms with E-state index in [-0.39, 0.29) is 44.3 Å². The zero-order valence-electron chi connectivity index (χ0n) is 8.19. The summed E-state index contributed by atoms with van der Waals surface area (Å²) in [5.41, 5.74) is 8.99. The van der Waals surface area contributed by atoms with Crippen molar-refractivity contribution in [1.29, 1.82) is 0 Å². The first-order chi connectivity index (χ1) is 5.24. The van der Waals surface area contributed by atoms with E-state index in [1.165, 1.54) is 0 Å². The summed E-state index contributed by atoms with van der Waals surface area (Å²) >= 11 is 0. The van der Waals surface area contributed by atoms with Gasteiger partial charge in [-0.2, -0.15) is 4.79 Å². The molecule has 0 fully saturated rings. The molecule has 1 aliphatic rings. The third kappa shape index (κ3) is 5.69. The van der Waals surface area contributed by atoms with Crippen molar-refractivity contribution < 1.29 is 49.1 Å². The summed E-state index contributed by atoms with van der Waals surface area (Å²) in [5, 5.41) is 0. The Morgan fingerprint density at radius 2 is 1.64 bits per heavy atom. The number of nitrogens with zero attached hydrogens (tertiary/aromatic N) is 3. The van der Waals surface area contributed by atoms with E-state index in [4.69, 9.17) is 5.53 Å².